The second-order valence-corrected chi connectivity index (χ2v) is 4.06. The number of hydrazine groups is 1. The zero-order valence-corrected chi connectivity index (χ0v) is 11.1. The highest BCUT2D eigenvalue weighted by Crippen LogP contribution is 2.18. The molecule has 0 saturated heterocycles. The number of benzene rings is 1. The van der Waals surface area contributed by atoms with E-state index in [1.165, 1.54) is 0 Å². The fourth-order valence-corrected chi connectivity index (χ4v) is 1.42. The van der Waals surface area contributed by atoms with Gasteiger partial charge >= 0.3 is 0 Å². The van der Waals surface area contributed by atoms with Crippen molar-refractivity contribution in [3.05, 3.63) is 24.3 Å². The van der Waals surface area contributed by atoms with Gasteiger partial charge in [-0.25, -0.2) is 5.01 Å². The summed E-state index contributed by atoms with van der Waals surface area (Å²) >= 11 is 0. The third kappa shape index (κ3) is 5.54. The van der Waals surface area contributed by atoms with Crippen LogP contribution in [0.4, 0.5) is 0 Å². The minimum absolute atomic E-state index is 0.00533. The maximum atomic E-state index is 11.3. The molecule has 0 radical (unpaired) electrons. The predicted octanol–water partition coefficient (Wildman–Crippen LogP) is 1.45. The van der Waals surface area contributed by atoms with E-state index < -0.39 is 0 Å². The average Bonchev–Trinajstić information content (AvgIpc) is 2.34. The smallest absolute Gasteiger partial charge is 0.234 e. The summed E-state index contributed by atoms with van der Waals surface area (Å²) in [6, 6.07) is 7.41. The summed E-state index contributed by atoms with van der Waals surface area (Å²) in [7, 11) is 5.18. The molecule has 0 atom stereocenters. The van der Waals surface area contributed by atoms with Gasteiger partial charge in [-0.15, -0.1) is 0 Å². The molecule has 0 bridgehead atoms. The summed E-state index contributed by atoms with van der Waals surface area (Å²) in [4.78, 5) is 11.3. The Hall–Kier alpha value is -1.75. The standard InChI is InChI=1S/C13H20N2O3/c1-15(2)14-13(16)8-5-9-18-12-7-4-6-11(10-12)17-3/h4,6-7,10H,5,8-9H2,1-3H3,(H,14,16). The van der Waals surface area contributed by atoms with E-state index >= 15 is 0 Å². The fraction of sp³-hybridized carbons (Fsp3) is 0.462. The summed E-state index contributed by atoms with van der Waals surface area (Å²) in [6.45, 7) is 0.508. The van der Waals surface area contributed by atoms with Gasteiger partial charge in [-0.05, 0) is 18.6 Å². The minimum atomic E-state index is -0.00533. The third-order valence-corrected chi connectivity index (χ3v) is 2.21. The zero-order valence-electron chi connectivity index (χ0n) is 11.1. The Kier molecular flexibility index (Phi) is 6.00. The lowest BCUT2D eigenvalue weighted by molar-refractivity contribution is -0.125. The summed E-state index contributed by atoms with van der Waals surface area (Å²) in [6.07, 6.45) is 1.12. The zero-order chi connectivity index (χ0) is 13.4. The van der Waals surface area contributed by atoms with Gasteiger partial charge in [0.05, 0.1) is 13.7 Å². The monoisotopic (exact) mass is 252 g/mol. The number of ether oxygens (including phenoxy) is 2. The molecule has 1 amide bonds. The quantitative estimate of drug-likeness (QED) is 0.589. The number of rotatable bonds is 7. The van der Waals surface area contributed by atoms with Crippen LogP contribution in [0.15, 0.2) is 24.3 Å². The van der Waals surface area contributed by atoms with Crippen LogP contribution in [0.25, 0.3) is 0 Å². The van der Waals surface area contributed by atoms with Crippen LogP contribution in [0.3, 0.4) is 0 Å². The van der Waals surface area contributed by atoms with Crippen LogP contribution >= 0.6 is 0 Å². The van der Waals surface area contributed by atoms with Crippen molar-refractivity contribution in [3.63, 3.8) is 0 Å². The molecule has 0 aliphatic heterocycles. The highest BCUT2D eigenvalue weighted by atomic mass is 16.5. The lowest BCUT2D eigenvalue weighted by atomic mass is 10.3. The molecular weight excluding hydrogens is 232 g/mol. The summed E-state index contributed by atoms with van der Waals surface area (Å²) in [5, 5.41) is 1.63. The van der Waals surface area contributed by atoms with Gasteiger partial charge < -0.3 is 9.47 Å². The summed E-state index contributed by atoms with van der Waals surface area (Å²) in [5.41, 5.74) is 2.68. The molecule has 0 saturated carbocycles. The number of hydrogen-bond acceptors (Lipinski definition) is 4. The lowest BCUT2D eigenvalue weighted by Crippen LogP contribution is -2.36. The van der Waals surface area contributed by atoms with E-state index in [0.29, 0.717) is 19.4 Å². The minimum Gasteiger partial charge on any atom is -0.497 e. The van der Waals surface area contributed by atoms with E-state index in [0.717, 1.165) is 11.5 Å². The Morgan fingerprint density at radius 3 is 2.72 bits per heavy atom. The number of carbonyl (C=O) groups excluding carboxylic acids is 1. The van der Waals surface area contributed by atoms with Crippen molar-refractivity contribution >= 4 is 5.91 Å². The van der Waals surface area contributed by atoms with Crippen molar-refractivity contribution < 1.29 is 14.3 Å². The molecule has 0 unspecified atom stereocenters. The highest BCUT2D eigenvalue weighted by Gasteiger charge is 2.02. The van der Waals surface area contributed by atoms with E-state index in [4.69, 9.17) is 9.47 Å². The Morgan fingerprint density at radius 2 is 2.06 bits per heavy atom. The van der Waals surface area contributed by atoms with Gasteiger partial charge in [0.15, 0.2) is 0 Å². The van der Waals surface area contributed by atoms with E-state index in [1.807, 2.05) is 24.3 Å². The molecule has 1 rings (SSSR count). The third-order valence-electron chi connectivity index (χ3n) is 2.21. The van der Waals surface area contributed by atoms with Crippen molar-refractivity contribution in [2.75, 3.05) is 27.8 Å². The van der Waals surface area contributed by atoms with Gasteiger partial charge in [-0.1, -0.05) is 6.07 Å². The van der Waals surface area contributed by atoms with E-state index in [1.54, 1.807) is 26.2 Å². The largest absolute Gasteiger partial charge is 0.497 e. The molecule has 0 heterocycles. The van der Waals surface area contributed by atoms with Crippen LogP contribution in [0.2, 0.25) is 0 Å². The summed E-state index contributed by atoms with van der Waals surface area (Å²) in [5.74, 6) is 1.51. The molecule has 0 aliphatic carbocycles. The van der Waals surface area contributed by atoms with Gasteiger partial charge in [0.25, 0.3) is 0 Å². The van der Waals surface area contributed by atoms with Crippen LogP contribution < -0.4 is 14.9 Å². The Labute approximate surface area is 108 Å². The molecule has 1 N–H and O–H groups in total. The number of hydrogen-bond donors (Lipinski definition) is 1. The molecular formula is C13H20N2O3. The van der Waals surface area contributed by atoms with Crippen molar-refractivity contribution in [1.29, 1.82) is 0 Å². The first kappa shape index (κ1) is 14.3. The van der Waals surface area contributed by atoms with E-state index in [-0.39, 0.29) is 5.91 Å². The molecule has 0 fully saturated rings. The number of nitrogens with one attached hydrogen (secondary N) is 1. The first-order valence-electron chi connectivity index (χ1n) is 5.85. The average molecular weight is 252 g/mol. The Morgan fingerprint density at radius 1 is 1.33 bits per heavy atom. The molecule has 5 heteroatoms. The van der Waals surface area contributed by atoms with E-state index in [2.05, 4.69) is 5.43 Å². The maximum Gasteiger partial charge on any atom is 0.234 e. The number of nitrogens with zero attached hydrogens (tertiary/aromatic N) is 1. The van der Waals surface area contributed by atoms with Gasteiger partial charge in [-0.3, -0.25) is 10.2 Å². The fourth-order valence-electron chi connectivity index (χ4n) is 1.42. The molecule has 0 spiro atoms. The normalized spacial score (nSPS) is 10.2. The SMILES string of the molecule is COc1cccc(OCCCC(=O)NN(C)C)c1. The van der Waals surface area contributed by atoms with Crippen LogP contribution in [0.1, 0.15) is 12.8 Å². The molecule has 0 aromatic heterocycles. The number of methoxy groups -OCH3 is 1. The van der Waals surface area contributed by atoms with Crippen molar-refractivity contribution in [2.24, 2.45) is 0 Å². The summed E-state index contributed by atoms with van der Waals surface area (Å²) < 4.78 is 10.6. The molecule has 1 aromatic rings. The number of carbonyl (C=O) groups is 1. The molecule has 18 heavy (non-hydrogen) atoms. The molecule has 100 valence electrons. The molecule has 1 aromatic carbocycles. The van der Waals surface area contributed by atoms with Gasteiger partial charge in [0.2, 0.25) is 5.91 Å². The topological polar surface area (TPSA) is 50.8 Å². The van der Waals surface area contributed by atoms with Crippen molar-refractivity contribution in [2.45, 2.75) is 12.8 Å². The van der Waals surface area contributed by atoms with Crippen LogP contribution in [-0.4, -0.2) is 38.7 Å². The van der Waals surface area contributed by atoms with Gasteiger partial charge in [0, 0.05) is 26.6 Å². The highest BCUT2D eigenvalue weighted by molar-refractivity contribution is 5.75. The number of amides is 1. The first-order valence-corrected chi connectivity index (χ1v) is 5.85. The molecule has 5 nitrogen and oxygen atoms in total. The second kappa shape index (κ2) is 7.55. The van der Waals surface area contributed by atoms with Crippen LogP contribution in [0.5, 0.6) is 11.5 Å². The predicted molar refractivity (Wildman–Crippen MR) is 69.6 cm³/mol. The molecule has 0 aliphatic rings. The first-order chi connectivity index (χ1) is 8.61. The second-order valence-electron chi connectivity index (χ2n) is 4.06. The van der Waals surface area contributed by atoms with E-state index in [9.17, 15) is 4.79 Å². The Bertz CT molecular complexity index is 380. The van der Waals surface area contributed by atoms with Crippen molar-refractivity contribution in [1.82, 2.24) is 10.4 Å². The van der Waals surface area contributed by atoms with Crippen LogP contribution in [0, 0.1) is 0 Å². The van der Waals surface area contributed by atoms with Gasteiger partial charge in [-0.2, -0.15) is 0 Å². The van der Waals surface area contributed by atoms with Crippen LogP contribution in [-0.2, 0) is 4.79 Å². The maximum absolute atomic E-state index is 11.3. The van der Waals surface area contributed by atoms with Crippen molar-refractivity contribution in [3.8, 4) is 11.5 Å². The van der Waals surface area contributed by atoms with Gasteiger partial charge in [0.1, 0.15) is 11.5 Å². The lowest BCUT2D eigenvalue weighted by Gasteiger charge is -2.12. The Balaban J connectivity index is 2.23.